The van der Waals surface area contributed by atoms with Crippen molar-refractivity contribution in [2.45, 2.75) is 4.90 Å². The van der Waals surface area contributed by atoms with E-state index in [0.29, 0.717) is 0 Å². The predicted octanol–water partition coefficient (Wildman–Crippen LogP) is 0.676. The first-order valence-electron chi connectivity index (χ1n) is 5.07. The minimum atomic E-state index is -3.65. The van der Waals surface area contributed by atoms with Crippen molar-refractivity contribution in [3.05, 3.63) is 48.5 Å². The number of hydrogen-bond donors (Lipinski definition) is 1. The van der Waals surface area contributed by atoms with Crippen molar-refractivity contribution in [2.24, 2.45) is 5.14 Å². The summed E-state index contributed by atoms with van der Waals surface area (Å²) >= 11 is -1.01. The van der Waals surface area contributed by atoms with Gasteiger partial charge in [0.2, 0.25) is 0 Å². The maximum absolute atomic E-state index is 11.1. The second kappa shape index (κ2) is 5.14. The Labute approximate surface area is 112 Å². The van der Waals surface area contributed by atoms with Gasteiger partial charge < -0.3 is 0 Å². The zero-order chi connectivity index (χ0) is 13.2. The van der Waals surface area contributed by atoms with E-state index in [-0.39, 0.29) is 4.90 Å². The molecule has 0 aliphatic rings. The summed E-state index contributed by atoms with van der Waals surface area (Å²) in [6.45, 7) is 0. The van der Waals surface area contributed by atoms with Crippen LogP contribution in [0.4, 0.5) is 0 Å². The quantitative estimate of drug-likeness (QED) is 0.844. The third-order valence-electron chi connectivity index (χ3n) is 2.49. The molecule has 2 N–H and O–H groups in total. The van der Waals surface area contributed by atoms with Crippen LogP contribution in [0.25, 0.3) is 11.1 Å². The van der Waals surface area contributed by atoms with E-state index in [1.165, 1.54) is 12.1 Å². The summed E-state index contributed by atoms with van der Waals surface area (Å²) in [5, 5.41) is 5.02. The maximum atomic E-state index is 11.1. The van der Waals surface area contributed by atoms with E-state index < -0.39 is 25.7 Å². The van der Waals surface area contributed by atoms with Crippen molar-refractivity contribution >= 4 is 30.1 Å². The number of sulfonamides is 1. The fraction of sp³-hybridized carbons (Fsp3) is 0. The second-order valence-electron chi connectivity index (χ2n) is 3.71. The first kappa shape index (κ1) is 13.1. The van der Waals surface area contributed by atoms with Crippen molar-refractivity contribution in [1.29, 1.82) is 0 Å². The first-order valence-corrected chi connectivity index (χ1v) is 8.32. The minimum absolute atomic E-state index is 0.0902. The molecule has 0 saturated carbocycles. The molecule has 2 rings (SSSR count). The van der Waals surface area contributed by atoms with Gasteiger partial charge in [-0.15, -0.1) is 0 Å². The van der Waals surface area contributed by atoms with Gasteiger partial charge in [-0.1, -0.05) is 0 Å². The van der Waals surface area contributed by atoms with Gasteiger partial charge in [-0.3, -0.25) is 0 Å². The molecule has 0 aromatic heterocycles. The normalized spacial score (nSPS) is 11.6. The van der Waals surface area contributed by atoms with Gasteiger partial charge in [0.25, 0.3) is 0 Å². The molecule has 0 radical (unpaired) electrons. The Kier molecular flexibility index (Phi) is 3.76. The van der Waals surface area contributed by atoms with Crippen LogP contribution in [-0.2, 0) is 13.8 Å². The zero-order valence-corrected chi connectivity index (χ0v) is 12.0. The summed E-state index contributed by atoms with van der Waals surface area (Å²) in [7, 11) is -3.65. The molecule has 2 aromatic rings. The fourth-order valence-electron chi connectivity index (χ4n) is 1.55. The summed E-state index contributed by atoms with van der Waals surface area (Å²) in [5.74, 6) is 0. The van der Waals surface area contributed by atoms with Crippen LogP contribution in [0, 0.1) is 0 Å². The number of nitrogens with two attached hydrogens (primary N) is 1. The molecule has 0 fully saturated rings. The van der Waals surface area contributed by atoms with Crippen molar-refractivity contribution in [3.63, 3.8) is 0 Å². The molecular weight excluding hydrogens is 313 g/mol. The fourth-order valence-corrected chi connectivity index (χ4v) is 2.64. The third kappa shape index (κ3) is 2.93. The van der Waals surface area contributed by atoms with E-state index in [1.807, 2.05) is 12.1 Å². The summed E-state index contributed by atoms with van der Waals surface area (Å²) in [6, 6.07) is 13.6. The Bertz CT molecular complexity index is 663. The van der Waals surface area contributed by atoms with Crippen LogP contribution in [0.5, 0.6) is 0 Å². The van der Waals surface area contributed by atoms with Crippen LogP contribution in [0.2, 0.25) is 0 Å². The van der Waals surface area contributed by atoms with E-state index in [0.717, 1.165) is 15.5 Å². The second-order valence-corrected chi connectivity index (χ2v) is 6.74. The van der Waals surface area contributed by atoms with Crippen LogP contribution in [0.3, 0.4) is 0 Å². The molecule has 2 aromatic carbocycles. The summed E-state index contributed by atoms with van der Waals surface area (Å²) < 4.78 is 33.8. The first-order chi connectivity index (χ1) is 8.50. The zero-order valence-electron chi connectivity index (χ0n) is 9.28. The van der Waals surface area contributed by atoms with Gasteiger partial charge in [0.1, 0.15) is 0 Å². The van der Waals surface area contributed by atoms with Crippen molar-refractivity contribution < 1.29 is 12.2 Å². The SMILES string of the molecule is NS(=O)(=O)c1ccc(-c2ccc([As]=O)cc2)cc1. The Morgan fingerprint density at radius 3 is 1.67 bits per heavy atom. The molecule has 0 heterocycles. The topological polar surface area (TPSA) is 77.2 Å². The number of primary sulfonamides is 1. The van der Waals surface area contributed by atoms with Crippen LogP contribution >= 0.6 is 0 Å². The molecule has 0 bridgehead atoms. The van der Waals surface area contributed by atoms with Crippen molar-refractivity contribution in [2.75, 3.05) is 0 Å². The molecule has 92 valence electrons. The van der Waals surface area contributed by atoms with Gasteiger partial charge in [0.05, 0.1) is 0 Å². The molecule has 0 amide bonds. The van der Waals surface area contributed by atoms with Gasteiger partial charge in [-0.25, -0.2) is 0 Å². The van der Waals surface area contributed by atoms with Crippen molar-refractivity contribution in [1.82, 2.24) is 0 Å². The van der Waals surface area contributed by atoms with Gasteiger partial charge >= 0.3 is 112 Å². The van der Waals surface area contributed by atoms with Crippen molar-refractivity contribution in [3.8, 4) is 11.1 Å². The van der Waals surface area contributed by atoms with E-state index in [2.05, 4.69) is 0 Å². The molecule has 6 heteroatoms. The molecule has 18 heavy (non-hydrogen) atoms. The molecule has 4 nitrogen and oxygen atoms in total. The van der Waals surface area contributed by atoms with E-state index in [4.69, 9.17) is 5.14 Å². The van der Waals surface area contributed by atoms with Crippen LogP contribution in [0.15, 0.2) is 53.4 Å². The van der Waals surface area contributed by atoms with E-state index in [9.17, 15) is 12.2 Å². The number of benzene rings is 2. The Balaban J connectivity index is 2.37. The van der Waals surface area contributed by atoms with Gasteiger partial charge in [-0.2, -0.15) is 0 Å². The molecule has 0 aliphatic carbocycles. The number of hydrogen-bond acceptors (Lipinski definition) is 3. The number of rotatable bonds is 3. The molecule has 0 aliphatic heterocycles. The van der Waals surface area contributed by atoms with Crippen LogP contribution in [-0.4, -0.2) is 24.1 Å². The molecule has 0 atom stereocenters. The predicted molar refractivity (Wildman–Crippen MR) is 69.3 cm³/mol. The summed E-state index contributed by atoms with van der Waals surface area (Å²) in [5.41, 5.74) is 1.82. The van der Waals surface area contributed by atoms with Gasteiger partial charge in [0.15, 0.2) is 0 Å². The Morgan fingerprint density at radius 1 is 0.833 bits per heavy atom. The third-order valence-corrected chi connectivity index (χ3v) is 4.49. The summed E-state index contributed by atoms with van der Waals surface area (Å²) in [6.07, 6.45) is 0. The van der Waals surface area contributed by atoms with Gasteiger partial charge in [-0.05, 0) is 0 Å². The Morgan fingerprint density at radius 2 is 1.28 bits per heavy atom. The average Bonchev–Trinajstić information content (AvgIpc) is 2.38. The molecule has 0 spiro atoms. The molecule has 0 unspecified atom stereocenters. The van der Waals surface area contributed by atoms with E-state index >= 15 is 0 Å². The Hall–Kier alpha value is -1.29. The average molecular weight is 323 g/mol. The van der Waals surface area contributed by atoms with Gasteiger partial charge in [0, 0.05) is 0 Å². The van der Waals surface area contributed by atoms with Crippen LogP contribution < -0.4 is 9.49 Å². The summed E-state index contributed by atoms with van der Waals surface area (Å²) in [4.78, 5) is 0.0902. The van der Waals surface area contributed by atoms with Crippen LogP contribution in [0.1, 0.15) is 0 Å². The monoisotopic (exact) mass is 323 g/mol. The standard InChI is InChI=1S/C12H10AsNO3S/c14-18(16,17)12-7-3-10(4-8-12)9-1-5-11(13-15)6-2-9/h1-8H,(H2,14,16,17). The molecular formula is C12H10AsNO3S. The molecule has 0 saturated heterocycles. The van der Waals surface area contributed by atoms with E-state index in [1.54, 1.807) is 24.3 Å².